The standard InChI is InChI=1S/C16H29NO/c18-16-9-3-6-14(16)10-12-17-11-4-7-13-5-1-2-8-15(13)17/h13-16,18H,1-12H2. The van der Waals surface area contributed by atoms with Crippen LogP contribution in [0.3, 0.4) is 0 Å². The van der Waals surface area contributed by atoms with E-state index in [2.05, 4.69) is 4.90 Å². The molecule has 3 rings (SSSR count). The predicted molar refractivity (Wildman–Crippen MR) is 74.5 cm³/mol. The Balaban J connectivity index is 1.51. The van der Waals surface area contributed by atoms with Crippen LogP contribution >= 0.6 is 0 Å². The van der Waals surface area contributed by atoms with E-state index >= 15 is 0 Å². The molecule has 0 spiro atoms. The Morgan fingerprint density at radius 2 is 1.72 bits per heavy atom. The quantitative estimate of drug-likeness (QED) is 0.832. The van der Waals surface area contributed by atoms with Gasteiger partial charge < -0.3 is 10.0 Å². The van der Waals surface area contributed by atoms with Crippen molar-refractivity contribution in [2.24, 2.45) is 11.8 Å². The van der Waals surface area contributed by atoms with Crippen LogP contribution in [0.25, 0.3) is 0 Å². The van der Waals surface area contributed by atoms with Gasteiger partial charge in [0.15, 0.2) is 0 Å². The molecule has 0 aromatic heterocycles. The van der Waals surface area contributed by atoms with Gasteiger partial charge in [0.25, 0.3) is 0 Å². The fourth-order valence-corrected chi connectivity index (χ4v) is 4.69. The number of rotatable bonds is 3. The first-order chi connectivity index (χ1) is 8.84. The van der Waals surface area contributed by atoms with Crippen LogP contribution in [0.5, 0.6) is 0 Å². The van der Waals surface area contributed by atoms with Crippen LogP contribution < -0.4 is 0 Å². The summed E-state index contributed by atoms with van der Waals surface area (Å²) in [5.41, 5.74) is 0. The Bertz CT molecular complexity index is 266. The lowest BCUT2D eigenvalue weighted by Gasteiger charge is -2.44. The Morgan fingerprint density at radius 1 is 0.889 bits per heavy atom. The van der Waals surface area contributed by atoms with Crippen molar-refractivity contribution in [3.63, 3.8) is 0 Å². The normalized spacial score (nSPS) is 41.8. The second-order valence-corrected chi connectivity index (χ2v) is 6.84. The average Bonchev–Trinajstić information content (AvgIpc) is 2.82. The van der Waals surface area contributed by atoms with Crippen molar-refractivity contribution >= 4 is 0 Å². The van der Waals surface area contributed by atoms with Gasteiger partial charge in [-0.3, -0.25) is 0 Å². The summed E-state index contributed by atoms with van der Waals surface area (Å²) in [6, 6.07) is 0.894. The molecular weight excluding hydrogens is 222 g/mol. The molecule has 0 bridgehead atoms. The highest BCUT2D eigenvalue weighted by Gasteiger charge is 2.34. The van der Waals surface area contributed by atoms with Gasteiger partial charge in [0.2, 0.25) is 0 Å². The Morgan fingerprint density at radius 3 is 2.56 bits per heavy atom. The summed E-state index contributed by atoms with van der Waals surface area (Å²) in [6.45, 7) is 2.58. The van der Waals surface area contributed by atoms with Gasteiger partial charge in [-0.2, -0.15) is 0 Å². The van der Waals surface area contributed by atoms with Crippen molar-refractivity contribution < 1.29 is 5.11 Å². The maximum absolute atomic E-state index is 9.93. The lowest BCUT2D eigenvalue weighted by molar-refractivity contribution is 0.0474. The second kappa shape index (κ2) is 5.92. The fraction of sp³-hybridized carbons (Fsp3) is 1.00. The van der Waals surface area contributed by atoms with Crippen molar-refractivity contribution in [3.8, 4) is 0 Å². The zero-order valence-corrected chi connectivity index (χ0v) is 11.7. The zero-order chi connectivity index (χ0) is 12.4. The van der Waals surface area contributed by atoms with Crippen LogP contribution in [-0.2, 0) is 0 Å². The van der Waals surface area contributed by atoms with Crippen molar-refractivity contribution in [1.82, 2.24) is 4.90 Å². The zero-order valence-electron chi connectivity index (χ0n) is 11.7. The van der Waals surface area contributed by atoms with Crippen LogP contribution in [0, 0.1) is 11.8 Å². The molecule has 4 atom stereocenters. The smallest absolute Gasteiger partial charge is 0.0568 e. The number of hydrogen-bond donors (Lipinski definition) is 1. The minimum atomic E-state index is 0.0111. The number of aliphatic hydroxyl groups excluding tert-OH is 1. The van der Waals surface area contributed by atoms with E-state index in [-0.39, 0.29) is 6.10 Å². The van der Waals surface area contributed by atoms with Crippen molar-refractivity contribution in [1.29, 1.82) is 0 Å². The molecule has 18 heavy (non-hydrogen) atoms. The largest absolute Gasteiger partial charge is 0.393 e. The summed E-state index contributed by atoms with van der Waals surface area (Å²) in [5, 5.41) is 9.93. The van der Waals surface area contributed by atoms with E-state index in [1.54, 1.807) is 0 Å². The number of aliphatic hydroxyl groups is 1. The predicted octanol–water partition coefficient (Wildman–Crippen LogP) is 3.19. The number of fused-ring (bicyclic) bond motifs is 1. The molecule has 0 aromatic carbocycles. The van der Waals surface area contributed by atoms with Crippen molar-refractivity contribution in [3.05, 3.63) is 0 Å². The van der Waals surface area contributed by atoms with Crippen LogP contribution in [0.15, 0.2) is 0 Å². The molecule has 3 aliphatic rings. The number of likely N-dealkylation sites (tertiary alicyclic amines) is 1. The van der Waals surface area contributed by atoms with Gasteiger partial charge in [-0.1, -0.05) is 19.3 Å². The van der Waals surface area contributed by atoms with E-state index in [9.17, 15) is 5.11 Å². The van der Waals surface area contributed by atoms with Gasteiger partial charge in [0.05, 0.1) is 6.10 Å². The van der Waals surface area contributed by atoms with Crippen LogP contribution in [0.1, 0.15) is 64.2 Å². The first kappa shape index (κ1) is 12.9. The van der Waals surface area contributed by atoms with Gasteiger partial charge in [-0.05, 0) is 69.9 Å². The SMILES string of the molecule is OC1CCCC1CCN1CCCC2CCCCC21. The van der Waals surface area contributed by atoms with Gasteiger partial charge in [0, 0.05) is 6.04 Å². The summed E-state index contributed by atoms with van der Waals surface area (Å²) in [7, 11) is 0. The molecular formula is C16H29NO. The third-order valence-corrected chi connectivity index (χ3v) is 5.76. The Hall–Kier alpha value is -0.0800. The van der Waals surface area contributed by atoms with Gasteiger partial charge >= 0.3 is 0 Å². The summed E-state index contributed by atoms with van der Waals surface area (Å²) in [5.74, 6) is 1.61. The highest BCUT2D eigenvalue weighted by atomic mass is 16.3. The van der Waals surface area contributed by atoms with Gasteiger partial charge in [0.1, 0.15) is 0 Å². The fourth-order valence-electron chi connectivity index (χ4n) is 4.69. The van der Waals surface area contributed by atoms with Crippen LogP contribution in [0.4, 0.5) is 0 Å². The summed E-state index contributed by atoms with van der Waals surface area (Å²) in [4.78, 5) is 2.78. The van der Waals surface area contributed by atoms with Crippen molar-refractivity contribution in [2.45, 2.75) is 76.4 Å². The van der Waals surface area contributed by atoms with E-state index in [0.29, 0.717) is 5.92 Å². The van der Waals surface area contributed by atoms with Crippen molar-refractivity contribution in [2.75, 3.05) is 13.1 Å². The minimum absolute atomic E-state index is 0.0111. The molecule has 104 valence electrons. The lowest BCUT2D eigenvalue weighted by atomic mass is 9.78. The maximum Gasteiger partial charge on any atom is 0.0568 e. The van der Waals surface area contributed by atoms with E-state index in [0.717, 1.165) is 18.4 Å². The molecule has 4 unspecified atom stereocenters. The van der Waals surface area contributed by atoms with E-state index in [1.165, 1.54) is 70.9 Å². The van der Waals surface area contributed by atoms with Gasteiger partial charge in [-0.15, -0.1) is 0 Å². The molecule has 1 aliphatic heterocycles. The van der Waals surface area contributed by atoms with Gasteiger partial charge in [-0.25, -0.2) is 0 Å². The van der Waals surface area contributed by atoms with E-state index in [1.807, 2.05) is 0 Å². The molecule has 3 fully saturated rings. The molecule has 2 nitrogen and oxygen atoms in total. The first-order valence-electron chi connectivity index (χ1n) is 8.27. The molecule has 1 heterocycles. The molecule has 2 heteroatoms. The van der Waals surface area contributed by atoms with E-state index in [4.69, 9.17) is 0 Å². The van der Waals surface area contributed by atoms with E-state index < -0.39 is 0 Å². The molecule has 0 amide bonds. The molecule has 1 saturated heterocycles. The summed E-state index contributed by atoms with van der Waals surface area (Å²) < 4.78 is 0. The highest BCUT2D eigenvalue weighted by Crippen LogP contribution is 2.36. The molecule has 2 saturated carbocycles. The first-order valence-corrected chi connectivity index (χ1v) is 8.27. The summed E-state index contributed by atoms with van der Waals surface area (Å²) in [6.07, 6.45) is 13.5. The number of piperidine rings is 1. The number of hydrogen-bond acceptors (Lipinski definition) is 2. The summed E-state index contributed by atoms with van der Waals surface area (Å²) >= 11 is 0. The topological polar surface area (TPSA) is 23.5 Å². The second-order valence-electron chi connectivity index (χ2n) is 6.84. The number of nitrogens with zero attached hydrogens (tertiary/aromatic N) is 1. The van der Waals surface area contributed by atoms with Crippen LogP contribution in [0.2, 0.25) is 0 Å². The Labute approximate surface area is 112 Å². The molecule has 2 aliphatic carbocycles. The van der Waals surface area contributed by atoms with Crippen LogP contribution in [-0.4, -0.2) is 35.2 Å². The molecule has 1 N–H and O–H groups in total. The minimum Gasteiger partial charge on any atom is -0.393 e. The monoisotopic (exact) mass is 251 g/mol. The highest BCUT2D eigenvalue weighted by molar-refractivity contribution is 4.88. The molecule has 0 aromatic rings. The third-order valence-electron chi connectivity index (χ3n) is 5.76. The lowest BCUT2D eigenvalue weighted by Crippen LogP contribution is -2.47. The maximum atomic E-state index is 9.93. The third kappa shape index (κ3) is 2.75. The average molecular weight is 251 g/mol. The Kier molecular flexibility index (Phi) is 4.25. The molecule has 0 radical (unpaired) electrons.